The van der Waals surface area contributed by atoms with Crippen LogP contribution in [0.25, 0.3) is 0 Å². The predicted octanol–water partition coefficient (Wildman–Crippen LogP) is 5.94. The van der Waals surface area contributed by atoms with Crippen molar-refractivity contribution in [3.05, 3.63) is 16.0 Å². The molecule has 0 saturated heterocycles. The summed E-state index contributed by atoms with van der Waals surface area (Å²) in [5, 5.41) is 2.77. The number of anilines is 1. The number of hydrogen-bond donors (Lipinski definition) is 1. The van der Waals surface area contributed by atoms with Crippen LogP contribution in [0.3, 0.4) is 0 Å². The first kappa shape index (κ1) is 27.9. The molecular weight excluding hydrogens is 434 g/mol. The molecule has 182 valence electrons. The molecule has 1 rings (SSSR count). The molecule has 1 N–H and O–H groups in total. The minimum absolute atomic E-state index is 0.0201. The second-order valence-electron chi connectivity index (χ2n) is 8.30. The third kappa shape index (κ3) is 9.56. The third-order valence-corrected chi connectivity index (χ3v) is 5.43. The van der Waals surface area contributed by atoms with Gasteiger partial charge in [-0.1, -0.05) is 39.0 Å². The molecule has 1 aromatic rings. The Morgan fingerprint density at radius 3 is 2.19 bits per heavy atom. The molecule has 0 saturated carbocycles. The number of esters is 2. The molecule has 0 radical (unpaired) electrons. The summed E-state index contributed by atoms with van der Waals surface area (Å²) in [7, 11) is 1.45. The van der Waals surface area contributed by atoms with Gasteiger partial charge in [-0.25, -0.2) is 14.4 Å². The van der Waals surface area contributed by atoms with Crippen molar-refractivity contribution in [3.8, 4) is 0 Å². The van der Waals surface area contributed by atoms with Gasteiger partial charge in [0.1, 0.15) is 21.0 Å². The monoisotopic (exact) mass is 471 g/mol. The van der Waals surface area contributed by atoms with E-state index < -0.39 is 23.6 Å². The minimum atomic E-state index is -0.761. The van der Waals surface area contributed by atoms with Gasteiger partial charge in [0, 0.05) is 12.7 Å². The number of methoxy groups -OCH3 is 1. The Hall–Kier alpha value is -2.13. The van der Waals surface area contributed by atoms with Crippen LogP contribution in [0.2, 0.25) is 0 Å². The van der Waals surface area contributed by atoms with E-state index in [0.29, 0.717) is 5.56 Å². The van der Waals surface area contributed by atoms with E-state index in [9.17, 15) is 14.4 Å². The molecule has 0 aliphatic rings. The Bertz CT molecular complexity index is 752. The average Bonchev–Trinajstić information content (AvgIpc) is 3.04. The first-order chi connectivity index (χ1) is 15.1. The maximum Gasteiger partial charge on any atom is 0.412 e. The molecule has 8 nitrogen and oxygen atoms in total. The number of unbranched alkanes of at least 4 members (excludes halogenated alkanes) is 5. The Morgan fingerprint density at radius 1 is 0.938 bits per heavy atom. The van der Waals surface area contributed by atoms with Crippen molar-refractivity contribution >= 4 is 34.4 Å². The van der Waals surface area contributed by atoms with Gasteiger partial charge in [0.25, 0.3) is 0 Å². The lowest BCUT2D eigenvalue weighted by Gasteiger charge is -2.20. The van der Waals surface area contributed by atoms with Gasteiger partial charge in [0.05, 0.1) is 19.8 Å². The molecule has 0 spiro atoms. The lowest BCUT2D eigenvalue weighted by Crippen LogP contribution is -2.25. The van der Waals surface area contributed by atoms with Gasteiger partial charge in [-0.2, -0.15) is 0 Å². The molecule has 0 atom stereocenters. The number of ether oxygens (including phenoxy) is 4. The minimum Gasteiger partial charge on any atom is -0.462 e. The van der Waals surface area contributed by atoms with Crippen molar-refractivity contribution in [1.29, 1.82) is 0 Å². The van der Waals surface area contributed by atoms with Gasteiger partial charge >= 0.3 is 18.0 Å². The molecule has 0 aliphatic heterocycles. The summed E-state index contributed by atoms with van der Waals surface area (Å²) in [6.07, 6.45) is 5.73. The van der Waals surface area contributed by atoms with Crippen LogP contribution in [-0.4, -0.2) is 44.0 Å². The normalized spacial score (nSPS) is 11.2. The second kappa shape index (κ2) is 14.1. The fourth-order valence-electron chi connectivity index (χ4n) is 2.92. The zero-order chi connectivity index (χ0) is 24.1. The van der Waals surface area contributed by atoms with Gasteiger partial charge < -0.3 is 18.9 Å². The number of carbonyl (C=O) groups excluding carboxylic acids is 3. The lowest BCUT2D eigenvalue weighted by molar-refractivity contribution is 0.00678. The molecule has 0 bridgehead atoms. The number of thiophene rings is 1. The Balaban J connectivity index is 3.01. The number of hydrogen-bond acceptors (Lipinski definition) is 8. The first-order valence-electron chi connectivity index (χ1n) is 11.1. The topological polar surface area (TPSA) is 100 Å². The zero-order valence-electron chi connectivity index (χ0n) is 20.1. The van der Waals surface area contributed by atoms with E-state index in [1.807, 2.05) is 0 Å². The highest BCUT2D eigenvalue weighted by atomic mass is 32.1. The molecule has 32 heavy (non-hydrogen) atoms. The molecule has 0 aliphatic carbocycles. The van der Waals surface area contributed by atoms with Crippen LogP contribution in [0.4, 0.5) is 9.80 Å². The fraction of sp³-hybridized carbons (Fsp3) is 0.696. The van der Waals surface area contributed by atoms with Crippen LogP contribution in [0.5, 0.6) is 0 Å². The van der Waals surface area contributed by atoms with Gasteiger partial charge in [-0.05, 0) is 34.1 Å². The second-order valence-corrected chi connectivity index (χ2v) is 9.32. The lowest BCUT2D eigenvalue weighted by atomic mass is 10.1. The van der Waals surface area contributed by atoms with Crippen LogP contribution in [0.15, 0.2) is 0 Å². The molecule has 1 amide bonds. The molecule has 0 aromatic carbocycles. The summed E-state index contributed by atoms with van der Waals surface area (Å²) in [6.45, 7) is 9.50. The predicted molar refractivity (Wildman–Crippen MR) is 125 cm³/mol. The van der Waals surface area contributed by atoms with Crippen molar-refractivity contribution in [2.24, 2.45) is 0 Å². The molecule has 0 fully saturated rings. The number of nitrogens with one attached hydrogen (secondary N) is 1. The molecule has 1 aromatic heterocycles. The first-order valence-corrected chi connectivity index (χ1v) is 11.9. The van der Waals surface area contributed by atoms with E-state index in [1.54, 1.807) is 27.7 Å². The maximum absolute atomic E-state index is 12.9. The van der Waals surface area contributed by atoms with Crippen molar-refractivity contribution in [2.45, 2.75) is 85.4 Å². The van der Waals surface area contributed by atoms with Gasteiger partial charge in [-0.15, -0.1) is 11.3 Å². The van der Waals surface area contributed by atoms with Crippen LogP contribution in [-0.2, 0) is 25.6 Å². The van der Waals surface area contributed by atoms with Crippen LogP contribution in [0.1, 0.15) is 98.7 Å². The average molecular weight is 472 g/mol. The van der Waals surface area contributed by atoms with E-state index in [0.717, 1.165) is 30.6 Å². The largest absolute Gasteiger partial charge is 0.462 e. The standard InChI is InChI=1S/C23H37NO7S/c1-7-9-10-11-12-13-14-30-22(27)24-19-17(20(25)31-23(3,4)5)16(15-28-6)18(32-19)21(26)29-8-2/h7-15H2,1-6H3,(H,24,27). The summed E-state index contributed by atoms with van der Waals surface area (Å²) in [4.78, 5) is 37.9. The highest BCUT2D eigenvalue weighted by molar-refractivity contribution is 7.18. The molecular formula is C23H37NO7S. The van der Waals surface area contributed by atoms with E-state index in [1.165, 1.54) is 26.4 Å². The maximum atomic E-state index is 12.9. The van der Waals surface area contributed by atoms with E-state index in [-0.39, 0.29) is 35.3 Å². The van der Waals surface area contributed by atoms with Crippen molar-refractivity contribution in [1.82, 2.24) is 0 Å². The Labute approximate surface area is 194 Å². The summed E-state index contributed by atoms with van der Waals surface area (Å²) < 4.78 is 21.1. The molecule has 9 heteroatoms. The van der Waals surface area contributed by atoms with E-state index in [2.05, 4.69) is 12.2 Å². The van der Waals surface area contributed by atoms with Crippen molar-refractivity contribution < 1.29 is 33.3 Å². The van der Waals surface area contributed by atoms with Gasteiger partial charge in [0.15, 0.2) is 0 Å². The van der Waals surface area contributed by atoms with Crippen molar-refractivity contribution in [3.63, 3.8) is 0 Å². The van der Waals surface area contributed by atoms with E-state index >= 15 is 0 Å². The van der Waals surface area contributed by atoms with E-state index in [4.69, 9.17) is 18.9 Å². The summed E-state index contributed by atoms with van der Waals surface area (Å²) in [5.74, 6) is -1.26. The third-order valence-electron chi connectivity index (χ3n) is 4.31. The SMILES string of the molecule is CCCCCCCCOC(=O)Nc1sc(C(=O)OCC)c(COC)c1C(=O)OC(C)(C)C. The highest BCUT2D eigenvalue weighted by Gasteiger charge is 2.31. The smallest absolute Gasteiger partial charge is 0.412 e. The van der Waals surface area contributed by atoms with Crippen molar-refractivity contribution in [2.75, 3.05) is 25.6 Å². The summed E-state index contributed by atoms with van der Waals surface area (Å²) in [5.41, 5.74) is -0.369. The number of rotatable bonds is 13. The Morgan fingerprint density at radius 2 is 1.59 bits per heavy atom. The highest BCUT2D eigenvalue weighted by Crippen LogP contribution is 2.36. The zero-order valence-corrected chi connectivity index (χ0v) is 20.9. The van der Waals surface area contributed by atoms with Crippen LogP contribution >= 0.6 is 11.3 Å². The quantitative estimate of drug-likeness (QED) is 0.216. The Kier molecular flexibility index (Phi) is 12.3. The van der Waals surface area contributed by atoms with Gasteiger partial charge in [-0.3, -0.25) is 5.32 Å². The molecule has 1 heterocycles. The molecule has 0 unspecified atom stereocenters. The van der Waals surface area contributed by atoms with Gasteiger partial charge in [0.2, 0.25) is 0 Å². The van der Waals surface area contributed by atoms with Crippen LogP contribution in [0, 0.1) is 0 Å². The summed E-state index contributed by atoms with van der Waals surface area (Å²) >= 11 is 0.942. The van der Waals surface area contributed by atoms with Crippen LogP contribution < -0.4 is 5.32 Å². The number of amides is 1. The number of carbonyl (C=O) groups is 3. The fourth-order valence-corrected chi connectivity index (χ4v) is 3.99. The summed E-state index contributed by atoms with van der Waals surface area (Å²) in [6, 6.07) is 0.